The lowest BCUT2D eigenvalue weighted by molar-refractivity contribution is 0.618. The summed E-state index contributed by atoms with van der Waals surface area (Å²) in [5, 5.41) is 2.02. The topological polar surface area (TPSA) is 0 Å². The zero-order valence-corrected chi connectivity index (χ0v) is 11.5. The summed E-state index contributed by atoms with van der Waals surface area (Å²) in [6.45, 7) is 7.70. The van der Waals surface area contributed by atoms with Gasteiger partial charge >= 0.3 is 0 Å². The van der Waals surface area contributed by atoms with E-state index in [4.69, 9.17) is 0 Å². The van der Waals surface area contributed by atoms with Crippen LogP contribution in [-0.4, -0.2) is 0 Å². The van der Waals surface area contributed by atoms with Crippen molar-refractivity contribution in [2.24, 2.45) is 0 Å². The van der Waals surface area contributed by atoms with E-state index in [2.05, 4.69) is 5.73 Å². The predicted octanol–water partition coefficient (Wildman–Crippen LogP) is 5.31. The average molecular weight is 248 g/mol. The Morgan fingerprint density at radius 1 is 1.35 bits per heavy atom. The maximum atomic E-state index is 13.4. The SMILES string of the molecule is CC=C=C(C)S/C=C(\C)c1ccc(C)c(F)c1. The van der Waals surface area contributed by atoms with Gasteiger partial charge in [-0.3, -0.25) is 0 Å². The minimum Gasteiger partial charge on any atom is -0.207 e. The zero-order valence-electron chi connectivity index (χ0n) is 10.7. The summed E-state index contributed by atoms with van der Waals surface area (Å²) in [5.41, 5.74) is 5.77. The molecule has 17 heavy (non-hydrogen) atoms. The Morgan fingerprint density at radius 2 is 2.06 bits per heavy atom. The van der Waals surface area contributed by atoms with Gasteiger partial charge in [-0.15, -0.1) is 5.73 Å². The van der Waals surface area contributed by atoms with Crippen LogP contribution in [0.5, 0.6) is 0 Å². The molecule has 1 rings (SSSR count). The summed E-state index contributed by atoms with van der Waals surface area (Å²) in [7, 11) is 0. The van der Waals surface area contributed by atoms with E-state index in [0.29, 0.717) is 5.56 Å². The van der Waals surface area contributed by atoms with Gasteiger partial charge in [-0.25, -0.2) is 4.39 Å². The van der Waals surface area contributed by atoms with Crippen LogP contribution >= 0.6 is 11.8 Å². The molecule has 0 fully saturated rings. The van der Waals surface area contributed by atoms with E-state index in [0.717, 1.165) is 16.0 Å². The molecule has 0 unspecified atom stereocenters. The van der Waals surface area contributed by atoms with Crippen LogP contribution < -0.4 is 0 Å². The molecule has 1 aromatic carbocycles. The van der Waals surface area contributed by atoms with Gasteiger partial charge in [0, 0.05) is 4.91 Å². The minimum atomic E-state index is -0.152. The van der Waals surface area contributed by atoms with Crippen molar-refractivity contribution in [1.82, 2.24) is 0 Å². The molecule has 0 radical (unpaired) electrons. The van der Waals surface area contributed by atoms with E-state index in [1.807, 2.05) is 38.3 Å². The average Bonchev–Trinajstić information content (AvgIpc) is 2.30. The summed E-state index contributed by atoms with van der Waals surface area (Å²) in [4.78, 5) is 1.10. The molecular formula is C15H17FS. The molecule has 0 heterocycles. The molecule has 0 spiro atoms. The fraction of sp³-hybridized carbons (Fsp3) is 0.267. The number of allylic oxidation sites excluding steroid dienone is 2. The molecule has 0 aliphatic rings. The Hall–Kier alpha value is -1.24. The third-order valence-electron chi connectivity index (χ3n) is 2.39. The second-order valence-corrected chi connectivity index (χ2v) is 4.96. The van der Waals surface area contributed by atoms with Crippen molar-refractivity contribution < 1.29 is 4.39 Å². The van der Waals surface area contributed by atoms with Crippen LogP contribution in [0.1, 0.15) is 31.9 Å². The van der Waals surface area contributed by atoms with Crippen molar-refractivity contribution in [2.45, 2.75) is 27.7 Å². The predicted molar refractivity (Wildman–Crippen MR) is 75.3 cm³/mol. The molecule has 0 N–H and O–H groups in total. The molecule has 0 aromatic heterocycles. The molecule has 1 aromatic rings. The third-order valence-corrected chi connectivity index (χ3v) is 3.33. The second-order valence-electron chi connectivity index (χ2n) is 3.87. The quantitative estimate of drug-likeness (QED) is 0.653. The standard InChI is InChI=1S/C15H17FS/c1-5-6-13(4)17-10-12(3)14-8-7-11(2)15(16)9-14/h5,7-10H,1-4H3/b12-10+. The van der Waals surface area contributed by atoms with E-state index in [9.17, 15) is 4.39 Å². The van der Waals surface area contributed by atoms with E-state index >= 15 is 0 Å². The molecule has 0 aliphatic heterocycles. The lowest BCUT2D eigenvalue weighted by Gasteiger charge is -2.03. The lowest BCUT2D eigenvalue weighted by atomic mass is 10.1. The number of hydrogen-bond donors (Lipinski definition) is 0. The fourth-order valence-corrected chi connectivity index (χ4v) is 2.00. The second kappa shape index (κ2) is 6.48. The molecular weight excluding hydrogens is 231 g/mol. The molecule has 2 heteroatoms. The largest absolute Gasteiger partial charge is 0.207 e. The first-order valence-corrected chi connectivity index (χ1v) is 6.40. The lowest BCUT2D eigenvalue weighted by Crippen LogP contribution is -1.85. The molecule has 0 bridgehead atoms. The normalized spacial score (nSPS) is 11.0. The van der Waals surface area contributed by atoms with Crippen LogP contribution in [0.3, 0.4) is 0 Å². The highest BCUT2D eigenvalue weighted by Gasteiger charge is 2.01. The Morgan fingerprint density at radius 3 is 2.65 bits per heavy atom. The summed E-state index contributed by atoms with van der Waals surface area (Å²) in [6, 6.07) is 5.33. The van der Waals surface area contributed by atoms with Gasteiger partial charge in [0.2, 0.25) is 0 Å². The van der Waals surface area contributed by atoms with Crippen molar-refractivity contribution in [2.75, 3.05) is 0 Å². The number of rotatable bonds is 3. The van der Waals surface area contributed by atoms with Crippen LogP contribution in [0.4, 0.5) is 4.39 Å². The molecule has 0 amide bonds. The zero-order chi connectivity index (χ0) is 12.8. The Bertz CT molecular complexity index is 492. The number of halogens is 1. The molecule has 0 atom stereocenters. The number of aryl methyl sites for hydroxylation is 1. The van der Waals surface area contributed by atoms with Gasteiger partial charge in [0.1, 0.15) is 5.82 Å². The Kier molecular flexibility index (Phi) is 5.27. The maximum Gasteiger partial charge on any atom is 0.126 e. The van der Waals surface area contributed by atoms with E-state index in [1.54, 1.807) is 30.8 Å². The first-order valence-electron chi connectivity index (χ1n) is 5.52. The molecule has 0 saturated heterocycles. The van der Waals surface area contributed by atoms with Crippen molar-refractivity contribution in [3.63, 3.8) is 0 Å². The van der Waals surface area contributed by atoms with Gasteiger partial charge in [-0.1, -0.05) is 23.9 Å². The maximum absolute atomic E-state index is 13.4. The molecule has 0 nitrogen and oxygen atoms in total. The summed E-state index contributed by atoms with van der Waals surface area (Å²) in [5.74, 6) is -0.152. The van der Waals surface area contributed by atoms with E-state index < -0.39 is 0 Å². The van der Waals surface area contributed by atoms with Crippen molar-refractivity contribution in [3.8, 4) is 0 Å². The van der Waals surface area contributed by atoms with Gasteiger partial charge in [-0.2, -0.15) is 0 Å². The van der Waals surface area contributed by atoms with Crippen LogP contribution in [0.25, 0.3) is 5.57 Å². The van der Waals surface area contributed by atoms with Gasteiger partial charge in [0.15, 0.2) is 0 Å². The van der Waals surface area contributed by atoms with Gasteiger partial charge in [0.25, 0.3) is 0 Å². The number of benzene rings is 1. The number of thioether (sulfide) groups is 1. The highest BCUT2D eigenvalue weighted by Crippen LogP contribution is 2.23. The van der Waals surface area contributed by atoms with Gasteiger partial charge in [0.05, 0.1) is 0 Å². The smallest absolute Gasteiger partial charge is 0.126 e. The highest BCUT2D eigenvalue weighted by molar-refractivity contribution is 8.05. The molecule has 90 valence electrons. The molecule has 0 aliphatic carbocycles. The van der Waals surface area contributed by atoms with Crippen LogP contribution in [-0.2, 0) is 0 Å². The van der Waals surface area contributed by atoms with Crippen molar-refractivity contribution >= 4 is 17.3 Å². The first-order chi connectivity index (χ1) is 8.04. The summed E-state index contributed by atoms with van der Waals surface area (Å²) in [6.07, 6.45) is 1.89. The van der Waals surface area contributed by atoms with Crippen molar-refractivity contribution in [1.29, 1.82) is 0 Å². The monoisotopic (exact) mass is 248 g/mol. The summed E-state index contributed by atoms with van der Waals surface area (Å²) >= 11 is 1.60. The summed E-state index contributed by atoms with van der Waals surface area (Å²) < 4.78 is 13.4. The van der Waals surface area contributed by atoms with Gasteiger partial charge in [-0.05, 0) is 61.9 Å². The van der Waals surface area contributed by atoms with Gasteiger partial charge < -0.3 is 0 Å². The third kappa shape index (κ3) is 4.26. The number of hydrogen-bond acceptors (Lipinski definition) is 1. The Balaban J connectivity index is 2.89. The fourth-order valence-electron chi connectivity index (χ4n) is 1.32. The van der Waals surface area contributed by atoms with E-state index in [1.165, 1.54) is 0 Å². The minimum absolute atomic E-state index is 0.152. The van der Waals surface area contributed by atoms with Crippen LogP contribution in [0, 0.1) is 12.7 Å². The van der Waals surface area contributed by atoms with E-state index in [-0.39, 0.29) is 5.82 Å². The molecule has 0 saturated carbocycles. The van der Waals surface area contributed by atoms with Crippen LogP contribution in [0.2, 0.25) is 0 Å². The Labute approximate surface area is 107 Å². The van der Waals surface area contributed by atoms with Crippen molar-refractivity contribution in [3.05, 3.63) is 57.3 Å². The highest BCUT2D eigenvalue weighted by atomic mass is 32.2. The van der Waals surface area contributed by atoms with Crippen LogP contribution in [0.15, 0.2) is 40.3 Å². The first kappa shape index (κ1) is 13.8.